The molecule has 0 radical (unpaired) electrons. The molecule has 0 spiro atoms. The molecule has 3 rings (SSSR count). The Kier molecular flexibility index (Phi) is 5.76. The van der Waals surface area contributed by atoms with Gasteiger partial charge in [0.05, 0.1) is 21.1 Å². The van der Waals surface area contributed by atoms with E-state index in [2.05, 4.69) is 43.5 Å². The number of rotatable bonds is 3. The van der Waals surface area contributed by atoms with Crippen LogP contribution in [-0.4, -0.2) is 26.7 Å². The van der Waals surface area contributed by atoms with Gasteiger partial charge in [-0.2, -0.15) is 0 Å². The second-order valence-corrected chi connectivity index (χ2v) is 13.2. The molecule has 1 unspecified atom stereocenters. The molecule has 1 aliphatic carbocycles. The van der Waals surface area contributed by atoms with E-state index < -0.39 is 20.6 Å². The quantitative estimate of drug-likeness (QED) is 0.554. The van der Waals surface area contributed by atoms with E-state index in [0.29, 0.717) is 18.8 Å². The molecule has 1 heterocycles. The van der Waals surface area contributed by atoms with Gasteiger partial charge in [0, 0.05) is 27.0 Å². The summed E-state index contributed by atoms with van der Waals surface area (Å²) in [5.41, 5.74) is 4.92. The third-order valence-corrected chi connectivity index (χ3v) is 8.41. The second kappa shape index (κ2) is 7.57. The third-order valence-electron chi connectivity index (χ3n) is 5.86. The Labute approximate surface area is 176 Å². The van der Waals surface area contributed by atoms with E-state index in [0.717, 1.165) is 35.5 Å². The molecule has 0 saturated heterocycles. The smallest absolute Gasteiger partial charge is 0.100 e. The minimum Gasteiger partial charge on any atom is -0.312 e. The number of fused-ring (bicyclic) bond motifs is 1. The number of benzene rings is 1. The molecule has 1 aromatic carbocycles. The molecule has 29 heavy (non-hydrogen) atoms. The van der Waals surface area contributed by atoms with E-state index >= 15 is 0 Å². The van der Waals surface area contributed by atoms with Crippen molar-refractivity contribution in [3.05, 3.63) is 29.8 Å². The number of aliphatic imine (C=N–C) groups is 1. The minimum absolute atomic E-state index is 0.0962. The van der Waals surface area contributed by atoms with Crippen LogP contribution in [0.3, 0.4) is 0 Å². The van der Waals surface area contributed by atoms with Gasteiger partial charge in [-0.1, -0.05) is 32.9 Å². The molecule has 0 aromatic heterocycles. The summed E-state index contributed by atoms with van der Waals surface area (Å²) in [4.78, 5) is 4.96. The van der Waals surface area contributed by atoms with Crippen LogP contribution in [0, 0.1) is 11.3 Å². The summed E-state index contributed by atoms with van der Waals surface area (Å²) in [6.45, 7) is 12.3. The Bertz CT molecular complexity index is 938. The molecule has 160 valence electrons. The van der Waals surface area contributed by atoms with E-state index in [-0.39, 0.29) is 5.41 Å². The lowest BCUT2D eigenvalue weighted by Gasteiger charge is -2.26. The summed E-state index contributed by atoms with van der Waals surface area (Å²) >= 11 is 0. The standard InChI is InChI=1S/C24H35FN2OS/c1-23(2,3)22-20(14-16-8-10-17(25)11-9-16)19-13-12-18(15-21(19)26-22)27-29(7,28)24(4,5)6/h12-17H,7-11H2,1-6H3,(H,27,28)/b20-14+. The van der Waals surface area contributed by atoms with E-state index in [4.69, 9.17) is 4.99 Å². The summed E-state index contributed by atoms with van der Waals surface area (Å²) < 4.78 is 29.2. The highest BCUT2D eigenvalue weighted by atomic mass is 32.2. The molecule has 1 fully saturated rings. The van der Waals surface area contributed by atoms with Crippen LogP contribution in [-0.2, 0) is 9.71 Å². The highest BCUT2D eigenvalue weighted by molar-refractivity contribution is 8.02. The van der Waals surface area contributed by atoms with E-state index in [9.17, 15) is 8.60 Å². The number of hydrogen-bond acceptors (Lipinski definition) is 2. The number of hydrogen-bond donors (Lipinski definition) is 1. The van der Waals surface area contributed by atoms with Gasteiger partial charge >= 0.3 is 0 Å². The zero-order chi connectivity index (χ0) is 21.6. The molecular weight excluding hydrogens is 383 g/mol. The SMILES string of the molecule is C=S(=O)(Nc1ccc2c(c1)N=C(C(C)(C)C)/C2=C/C1CCC(F)CC1)C(C)(C)C. The van der Waals surface area contributed by atoms with Crippen LogP contribution in [0.5, 0.6) is 0 Å². The first-order chi connectivity index (χ1) is 13.3. The molecule has 1 N–H and O–H groups in total. The van der Waals surface area contributed by atoms with Gasteiger partial charge in [0.25, 0.3) is 0 Å². The fourth-order valence-corrected chi connectivity index (χ4v) is 4.60. The van der Waals surface area contributed by atoms with Crippen LogP contribution >= 0.6 is 0 Å². The topological polar surface area (TPSA) is 41.5 Å². The van der Waals surface area contributed by atoms with Crippen molar-refractivity contribution < 1.29 is 8.60 Å². The van der Waals surface area contributed by atoms with Crippen molar-refractivity contribution >= 4 is 38.2 Å². The fraction of sp³-hybridized carbons (Fsp3) is 0.583. The van der Waals surface area contributed by atoms with Gasteiger partial charge in [0.15, 0.2) is 0 Å². The number of allylic oxidation sites excluding steroid dienone is 2. The Morgan fingerprint density at radius 3 is 2.31 bits per heavy atom. The molecule has 2 aliphatic rings. The highest BCUT2D eigenvalue weighted by Crippen LogP contribution is 2.43. The van der Waals surface area contributed by atoms with Crippen molar-refractivity contribution in [2.75, 3.05) is 4.72 Å². The Morgan fingerprint density at radius 2 is 1.76 bits per heavy atom. The normalized spacial score (nSPS) is 26.0. The molecule has 3 nitrogen and oxygen atoms in total. The zero-order valence-electron chi connectivity index (χ0n) is 18.6. The lowest BCUT2D eigenvalue weighted by molar-refractivity contribution is 0.227. The number of alkyl halides is 1. The van der Waals surface area contributed by atoms with Gasteiger partial charge in [-0.15, -0.1) is 0 Å². The van der Waals surface area contributed by atoms with Crippen molar-refractivity contribution in [1.29, 1.82) is 0 Å². The van der Waals surface area contributed by atoms with Crippen molar-refractivity contribution in [3.8, 4) is 0 Å². The average molecular weight is 419 g/mol. The van der Waals surface area contributed by atoms with Crippen LogP contribution in [0.15, 0.2) is 29.3 Å². The molecular formula is C24H35FN2OS. The summed E-state index contributed by atoms with van der Waals surface area (Å²) in [5, 5.41) is 0. The molecule has 1 saturated carbocycles. The van der Waals surface area contributed by atoms with Crippen molar-refractivity contribution in [2.45, 2.75) is 78.1 Å². The Balaban J connectivity index is 1.97. The first kappa shape index (κ1) is 22.1. The van der Waals surface area contributed by atoms with Gasteiger partial charge in [0.1, 0.15) is 6.17 Å². The molecule has 5 heteroatoms. The van der Waals surface area contributed by atoms with Gasteiger partial charge in [-0.3, -0.25) is 4.99 Å². The van der Waals surface area contributed by atoms with E-state index in [1.54, 1.807) is 0 Å². The number of nitrogens with zero attached hydrogens (tertiary/aromatic N) is 1. The summed E-state index contributed by atoms with van der Waals surface area (Å²) in [5.74, 6) is 4.32. The molecule has 0 amide bonds. The number of halogens is 1. The van der Waals surface area contributed by atoms with Gasteiger partial charge < -0.3 is 4.72 Å². The average Bonchev–Trinajstić information content (AvgIpc) is 2.93. The van der Waals surface area contributed by atoms with Crippen LogP contribution in [0.25, 0.3) is 5.57 Å². The first-order valence-corrected chi connectivity index (χ1v) is 12.2. The van der Waals surface area contributed by atoms with Gasteiger partial charge in [0.2, 0.25) is 0 Å². The van der Waals surface area contributed by atoms with E-state index in [1.165, 1.54) is 5.57 Å². The molecule has 0 bridgehead atoms. The lowest BCUT2D eigenvalue weighted by atomic mass is 9.80. The highest BCUT2D eigenvalue weighted by Gasteiger charge is 2.32. The second-order valence-electron chi connectivity index (χ2n) is 10.4. The molecule has 1 atom stereocenters. The van der Waals surface area contributed by atoms with Gasteiger partial charge in [-0.25, -0.2) is 8.60 Å². The monoisotopic (exact) mass is 418 g/mol. The van der Waals surface area contributed by atoms with Gasteiger partial charge in [-0.05, 0) is 70.4 Å². The first-order valence-electron chi connectivity index (χ1n) is 10.5. The maximum Gasteiger partial charge on any atom is 0.100 e. The molecule has 1 aliphatic heterocycles. The maximum atomic E-state index is 13.6. The fourth-order valence-electron chi connectivity index (χ4n) is 3.79. The third kappa shape index (κ3) is 4.76. The van der Waals surface area contributed by atoms with Crippen LogP contribution in [0.4, 0.5) is 15.8 Å². The number of nitrogens with one attached hydrogen (secondary N) is 1. The van der Waals surface area contributed by atoms with E-state index in [1.807, 2.05) is 32.9 Å². The number of anilines is 1. The van der Waals surface area contributed by atoms with Crippen LogP contribution in [0.1, 0.15) is 72.8 Å². The predicted molar refractivity (Wildman–Crippen MR) is 126 cm³/mol. The predicted octanol–water partition coefficient (Wildman–Crippen LogP) is 6.57. The Hall–Kier alpha value is -1.62. The van der Waals surface area contributed by atoms with Crippen molar-refractivity contribution in [1.82, 2.24) is 0 Å². The van der Waals surface area contributed by atoms with Crippen LogP contribution < -0.4 is 4.72 Å². The Morgan fingerprint density at radius 1 is 1.14 bits per heavy atom. The minimum atomic E-state index is -2.50. The lowest BCUT2D eigenvalue weighted by Crippen LogP contribution is -2.33. The summed E-state index contributed by atoms with van der Waals surface area (Å²) in [6, 6.07) is 5.99. The maximum absolute atomic E-state index is 13.6. The molecule has 1 aromatic rings. The van der Waals surface area contributed by atoms with Crippen molar-refractivity contribution in [2.24, 2.45) is 16.3 Å². The zero-order valence-corrected chi connectivity index (χ0v) is 19.5. The largest absolute Gasteiger partial charge is 0.312 e. The summed E-state index contributed by atoms with van der Waals surface area (Å²) in [6.07, 6.45) is 4.76. The van der Waals surface area contributed by atoms with Crippen molar-refractivity contribution in [3.63, 3.8) is 0 Å². The van der Waals surface area contributed by atoms with Crippen LogP contribution in [0.2, 0.25) is 0 Å². The summed E-state index contributed by atoms with van der Waals surface area (Å²) in [7, 11) is -2.50.